The third-order valence-corrected chi connectivity index (χ3v) is 3.93. The standard InChI is InChI=1S/C21H24N2O2/c1-4-23(5-2)21(25)18-7-6-8-19(15-18)22-20(24)14-13-17-11-9-16(3)10-12-17/h6-15H,4-5H2,1-3H3,(H,22,24)/b14-13+. The highest BCUT2D eigenvalue weighted by Gasteiger charge is 2.12. The lowest BCUT2D eigenvalue weighted by Gasteiger charge is -2.18. The lowest BCUT2D eigenvalue weighted by molar-refractivity contribution is -0.111. The van der Waals surface area contributed by atoms with Gasteiger partial charge in [-0.05, 0) is 50.6 Å². The molecule has 0 saturated carbocycles. The van der Waals surface area contributed by atoms with Crippen LogP contribution in [0.2, 0.25) is 0 Å². The summed E-state index contributed by atoms with van der Waals surface area (Å²) in [4.78, 5) is 26.2. The number of carbonyl (C=O) groups is 2. The molecule has 1 N–H and O–H groups in total. The Bertz CT molecular complexity index is 760. The van der Waals surface area contributed by atoms with Crippen LogP contribution >= 0.6 is 0 Å². The van der Waals surface area contributed by atoms with E-state index in [-0.39, 0.29) is 11.8 Å². The third-order valence-electron chi connectivity index (χ3n) is 3.93. The van der Waals surface area contributed by atoms with Crippen molar-refractivity contribution in [3.05, 3.63) is 71.3 Å². The molecule has 130 valence electrons. The molecule has 0 aliphatic heterocycles. The number of nitrogens with zero attached hydrogens (tertiary/aromatic N) is 1. The summed E-state index contributed by atoms with van der Waals surface area (Å²) in [6.45, 7) is 7.23. The van der Waals surface area contributed by atoms with Crippen molar-refractivity contribution in [3.8, 4) is 0 Å². The molecule has 2 aromatic rings. The minimum atomic E-state index is -0.229. The molecule has 0 atom stereocenters. The van der Waals surface area contributed by atoms with E-state index in [1.165, 1.54) is 11.6 Å². The van der Waals surface area contributed by atoms with E-state index in [2.05, 4.69) is 5.32 Å². The molecule has 0 saturated heterocycles. The molecule has 0 fully saturated rings. The largest absolute Gasteiger partial charge is 0.339 e. The van der Waals surface area contributed by atoms with Gasteiger partial charge in [0.2, 0.25) is 5.91 Å². The molecule has 0 radical (unpaired) electrons. The first-order valence-electron chi connectivity index (χ1n) is 8.48. The zero-order valence-electron chi connectivity index (χ0n) is 15.0. The second-order valence-electron chi connectivity index (χ2n) is 5.79. The van der Waals surface area contributed by atoms with Crippen molar-refractivity contribution >= 4 is 23.6 Å². The van der Waals surface area contributed by atoms with Crippen LogP contribution in [0.3, 0.4) is 0 Å². The Hall–Kier alpha value is -2.88. The van der Waals surface area contributed by atoms with Gasteiger partial charge in [0, 0.05) is 30.4 Å². The summed E-state index contributed by atoms with van der Waals surface area (Å²) in [5, 5.41) is 2.80. The van der Waals surface area contributed by atoms with Crippen LogP contribution in [0.1, 0.15) is 35.3 Å². The van der Waals surface area contributed by atoms with Gasteiger partial charge in [-0.1, -0.05) is 35.9 Å². The summed E-state index contributed by atoms with van der Waals surface area (Å²) < 4.78 is 0. The van der Waals surface area contributed by atoms with Gasteiger partial charge in [-0.3, -0.25) is 9.59 Å². The quantitative estimate of drug-likeness (QED) is 0.806. The minimum Gasteiger partial charge on any atom is -0.339 e. The molecule has 0 aliphatic carbocycles. The maximum atomic E-state index is 12.4. The summed E-state index contributed by atoms with van der Waals surface area (Å²) in [6, 6.07) is 14.9. The van der Waals surface area contributed by atoms with Gasteiger partial charge in [0.1, 0.15) is 0 Å². The van der Waals surface area contributed by atoms with E-state index < -0.39 is 0 Å². The van der Waals surface area contributed by atoms with Crippen molar-refractivity contribution in [2.75, 3.05) is 18.4 Å². The average Bonchev–Trinajstić information content (AvgIpc) is 2.62. The molecule has 0 heterocycles. The number of aryl methyl sites for hydroxylation is 1. The Labute approximate surface area is 149 Å². The lowest BCUT2D eigenvalue weighted by Crippen LogP contribution is -2.30. The highest BCUT2D eigenvalue weighted by atomic mass is 16.2. The van der Waals surface area contributed by atoms with Crippen LogP contribution in [0.15, 0.2) is 54.6 Å². The van der Waals surface area contributed by atoms with Crippen molar-refractivity contribution in [3.63, 3.8) is 0 Å². The minimum absolute atomic E-state index is 0.0312. The molecular weight excluding hydrogens is 312 g/mol. The fourth-order valence-electron chi connectivity index (χ4n) is 2.46. The van der Waals surface area contributed by atoms with E-state index >= 15 is 0 Å². The Morgan fingerprint density at radius 1 is 1.04 bits per heavy atom. The lowest BCUT2D eigenvalue weighted by atomic mass is 10.1. The zero-order chi connectivity index (χ0) is 18.2. The highest BCUT2D eigenvalue weighted by molar-refractivity contribution is 6.03. The van der Waals surface area contributed by atoms with Crippen LogP contribution in [0, 0.1) is 6.92 Å². The maximum Gasteiger partial charge on any atom is 0.253 e. The summed E-state index contributed by atoms with van der Waals surface area (Å²) in [6.07, 6.45) is 3.25. The predicted octanol–water partition coefficient (Wildman–Crippen LogP) is 4.13. The van der Waals surface area contributed by atoms with Crippen molar-refractivity contribution in [2.24, 2.45) is 0 Å². The number of hydrogen-bond acceptors (Lipinski definition) is 2. The topological polar surface area (TPSA) is 49.4 Å². The van der Waals surface area contributed by atoms with Gasteiger partial charge < -0.3 is 10.2 Å². The molecule has 25 heavy (non-hydrogen) atoms. The van der Waals surface area contributed by atoms with E-state index in [1.54, 1.807) is 35.2 Å². The van der Waals surface area contributed by atoms with E-state index in [9.17, 15) is 9.59 Å². The van der Waals surface area contributed by atoms with Crippen molar-refractivity contribution in [1.29, 1.82) is 0 Å². The van der Waals surface area contributed by atoms with Crippen LogP contribution in [-0.2, 0) is 4.79 Å². The van der Waals surface area contributed by atoms with Gasteiger partial charge in [-0.2, -0.15) is 0 Å². The number of rotatable bonds is 6. The molecule has 0 unspecified atom stereocenters. The van der Waals surface area contributed by atoms with Gasteiger partial charge in [0.15, 0.2) is 0 Å². The first-order chi connectivity index (χ1) is 12.0. The van der Waals surface area contributed by atoms with Crippen LogP contribution in [0.4, 0.5) is 5.69 Å². The molecule has 0 bridgehead atoms. The SMILES string of the molecule is CCN(CC)C(=O)c1cccc(NC(=O)/C=C/c2ccc(C)cc2)c1. The molecule has 4 nitrogen and oxygen atoms in total. The van der Waals surface area contributed by atoms with Crippen molar-refractivity contribution in [1.82, 2.24) is 4.90 Å². The van der Waals surface area contributed by atoms with Gasteiger partial charge in [0.05, 0.1) is 0 Å². The van der Waals surface area contributed by atoms with Gasteiger partial charge in [-0.15, -0.1) is 0 Å². The first-order valence-corrected chi connectivity index (χ1v) is 8.48. The maximum absolute atomic E-state index is 12.4. The smallest absolute Gasteiger partial charge is 0.253 e. The van der Waals surface area contributed by atoms with Crippen LogP contribution < -0.4 is 5.32 Å². The summed E-state index contributed by atoms with van der Waals surface area (Å²) >= 11 is 0. The Morgan fingerprint density at radius 2 is 1.72 bits per heavy atom. The van der Waals surface area contributed by atoms with E-state index in [4.69, 9.17) is 0 Å². The Kier molecular flexibility index (Phi) is 6.52. The molecule has 4 heteroatoms. The first kappa shape index (κ1) is 18.5. The summed E-state index contributed by atoms with van der Waals surface area (Å²) in [5.41, 5.74) is 3.32. The fraction of sp³-hybridized carbons (Fsp3) is 0.238. The zero-order valence-corrected chi connectivity index (χ0v) is 15.0. The molecule has 0 aromatic heterocycles. The summed E-state index contributed by atoms with van der Waals surface area (Å²) in [7, 11) is 0. The molecule has 2 aromatic carbocycles. The van der Waals surface area contributed by atoms with Gasteiger partial charge in [0.25, 0.3) is 5.91 Å². The van der Waals surface area contributed by atoms with Crippen molar-refractivity contribution in [2.45, 2.75) is 20.8 Å². The normalized spacial score (nSPS) is 10.7. The summed E-state index contributed by atoms with van der Waals surface area (Å²) in [5.74, 6) is -0.260. The number of benzene rings is 2. The number of amides is 2. The van der Waals surface area contributed by atoms with Crippen LogP contribution in [0.25, 0.3) is 6.08 Å². The molecule has 0 spiro atoms. The average molecular weight is 336 g/mol. The Morgan fingerprint density at radius 3 is 2.36 bits per heavy atom. The van der Waals surface area contributed by atoms with E-state index in [1.807, 2.05) is 45.0 Å². The molecule has 2 rings (SSSR count). The number of anilines is 1. The second-order valence-corrected chi connectivity index (χ2v) is 5.79. The van der Waals surface area contributed by atoms with Crippen LogP contribution in [-0.4, -0.2) is 29.8 Å². The second kappa shape index (κ2) is 8.83. The third kappa shape index (κ3) is 5.31. The van der Waals surface area contributed by atoms with Gasteiger partial charge >= 0.3 is 0 Å². The molecular formula is C21H24N2O2. The van der Waals surface area contributed by atoms with E-state index in [0.717, 1.165) is 5.56 Å². The molecule has 0 aliphatic rings. The number of nitrogens with one attached hydrogen (secondary N) is 1. The Balaban J connectivity index is 2.04. The van der Waals surface area contributed by atoms with E-state index in [0.29, 0.717) is 24.3 Å². The fourth-order valence-corrected chi connectivity index (χ4v) is 2.46. The number of hydrogen-bond donors (Lipinski definition) is 1. The van der Waals surface area contributed by atoms with Crippen molar-refractivity contribution < 1.29 is 9.59 Å². The monoisotopic (exact) mass is 336 g/mol. The van der Waals surface area contributed by atoms with Gasteiger partial charge in [-0.25, -0.2) is 0 Å². The predicted molar refractivity (Wildman–Crippen MR) is 103 cm³/mol. The van der Waals surface area contributed by atoms with Crippen LogP contribution in [0.5, 0.6) is 0 Å². The molecule has 2 amide bonds. The highest BCUT2D eigenvalue weighted by Crippen LogP contribution is 2.13. The number of carbonyl (C=O) groups excluding carboxylic acids is 2.